The van der Waals surface area contributed by atoms with E-state index in [1.807, 2.05) is 18.2 Å². The van der Waals surface area contributed by atoms with Gasteiger partial charge in [0, 0.05) is 12.6 Å². The van der Waals surface area contributed by atoms with Crippen LogP contribution >= 0.6 is 0 Å². The molecule has 1 amide bonds. The first-order valence-corrected chi connectivity index (χ1v) is 7.30. The highest BCUT2D eigenvalue weighted by Gasteiger charge is 2.15. The van der Waals surface area contributed by atoms with Crippen molar-refractivity contribution in [2.24, 2.45) is 0 Å². The van der Waals surface area contributed by atoms with Gasteiger partial charge in [0.05, 0.1) is 6.54 Å². The predicted octanol–water partition coefficient (Wildman–Crippen LogP) is 2.44. The van der Waals surface area contributed by atoms with Crippen molar-refractivity contribution in [3.05, 3.63) is 35.9 Å². The summed E-state index contributed by atoms with van der Waals surface area (Å²) in [5, 5.41) is 6.34. The number of carbonyl (C=O) groups excluding carboxylic acids is 1. The maximum absolute atomic E-state index is 11.8. The van der Waals surface area contributed by atoms with Crippen LogP contribution in [0.1, 0.15) is 44.1 Å². The van der Waals surface area contributed by atoms with Crippen molar-refractivity contribution >= 4 is 5.91 Å². The average Bonchev–Trinajstić information content (AvgIpc) is 2.96. The maximum Gasteiger partial charge on any atom is 0.233 e. The first kappa shape index (κ1) is 14.1. The van der Waals surface area contributed by atoms with Crippen LogP contribution in [0.3, 0.4) is 0 Å². The van der Waals surface area contributed by atoms with Gasteiger partial charge in [0.25, 0.3) is 0 Å². The summed E-state index contributed by atoms with van der Waals surface area (Å²) in [5.74, 6) is 0.464. The molecular formula is C16H24N2O. The van der Waals surface area contributed by atoms with Crippen molar-refractivity contribution in [3.63, 3.8) is 0 Å². The summed E-state index contributed by atoms with van der Waals surface area (Å²) in [6.45, 7) is 3.29. The molecule has 0 spiro atoms. The van der Waals surface area contributed by atoms with Crippen molar-refractivity contribution in [1.29, 1.82) is 0 Å². The number of carbonyl (C=O) groups is 1. The largest absolute Gasteiger partial charge is 0.354 e. The SMILES string of the molecule is CC(CNC(=O)CNC1CCCC1)c1ccccc1. The molecule has 3 heteroatoms. The van der Waals surface area contributed by atoms with Gasteiger partial charge in [-0.05, 0) is 24.3 Å². The smallest absolute Gasteiger partial charge is 0.233 e. The number of hydrogen-bond donors (Lipinski definition) is 2. The third kappa shape index (κ3) is 4.67. The second kappa shape index (κ2) is 7.29. The van der Waals surface area contributed by atoms with Crippen molar-refractivity contribution in [1.82, 2.24) is 10.6 Å². The minimum atomic E-state index is 0.106. The summed E-state index contributed by atoms with van der Waals surface area (Å²) < 4.78 is 0. The van der Waals surface area contributed by atoms with Gasteiger partial charge in [0.1, 0.15) is 0 Å². The van der Waals surface area contributed by atoms with E-state index in [0.29, 0.717) is 25.0 Å². The zero-order valence-corrected chi connectivity index (χ0v) is 11.7. The van der Waals surface area contributed by atoms with E-state index in [-0.39, 0.29) is 5.91 Å². The molecule has 0 radical (unpaired) electrons. The van der Waals surface area contributed by atoms with Crippen LogP contribution in [0.25, 0.3) is 0 Å². The Morgan fingerprint density at radius 3 is 2.63 bits per heavy atom. The topological polar surface area (TPSA) is 41.1 Å². The van der Waals surface area contributed by atoms with E-state index in [1.54, 1.807) is 0 Å². The number of hydrogen-bond acceptors (Lipinski definition) is 2. The molecule has 0 aliphatic heterocycles. The Labute approximate surface area is 115 Å². The standard InChI is InChI=1S/C16H24N2O/c1-13(14-7-3-2-4-8-14)11-18-16(19)12-17-15-9-5-6-10-15/h2-4,7-8,13,15,17H,5-6,9-12H2,1H3,(H,18,19). The normalized spacial score (nSPS) is 17.3. The fourth-order valence-corrected chi connectivity index (χ4v) is 2.60. The van der Waals surface area contributed by atoms with Gasteiger partial charge < -0.3 is 10.6 Å². The van der Waals surface area contributed by atoms with Crippen LogP contribution in [0, 0.1) is 0 Å². The molecule has 104 valence electrons. The minimum Gasteiger partial charge on any atom is -0.354 e. The average molecular weight is 260 g/mol. The van der Waals surface area contributed by atoms with E-state index in [2.05, 4.69) is 29.7 Å². The molecule has 1 atom stereocenters. The summed E-state index contributed by atoms with van der Waals surface area (Å²) in [4.78, 5) is 11.8. The van der Waals surface area contributed by atoms with Gasteiger partial charge in [-0.15, -0.1) is 0 Å². The molecule has 1 aromatic rings. The summed E-state index contributed by atoms with van der Waals surface area (Å²) in [5.41, 5.74) is 1.27. The quantitative estimate of drug-likeness (QED) is 0.825. The summed E-state index contributed by atoms with van der Waals surface area (Å²) in [6.07, 6.45) is 5.02. The highest BCUT2D eigenvalue weighted by molar-refractivity contribution is 5.78. The molecule has 1 saturated carbocycles. The molecular weight excluding hydrogens is 236 g/mol. The molecule has 3 nitrogen and oxygen atoms in total. The van der Waals surface area contributed by atoms with Gasteiger partial charge in [-0.1, -0.05) is 50.1 Å². The van der Waals surface area contributed by atoms with E-state index in [1.165, 1.54) is 31.2 Å². The molecule has 1 unspecified atom stereocenters. The van der Waals surface area contributed by atoms with Gasteiger partial charge in [-0.3, -0.25) is 4.79 Å². The van der Waals surface area contributed by atoms with Crippen LogP contribution in [0.15, 0.2) is 30.3 Å². The lowest BCUT2D eigenvalue weighted by molar-refractivity contribution is -0.120. The van der Waals surface area contributed by atoms with Gasteiger partial charge in [0.2, 0.25) is 5.91 Å². The monoisotopic (exact) mass is 260 g/mol. The first-order valence-electron chi connectivity index (χ1n) is 7.30. The molecule has 1 aliphatic carbocycles. The fourth-order valence-electron chi connectivity index (χ4n) is 2.60. The fraction of sp³-hybridized carbons (Fsp3) is 0.562. The van der Waals surface area contributed by atoms with Gasteiger partial charge in [-0.2, -0.15) is 0 Å². The Morgan fingerprint density at radius 1 is 1.26 bits per heavy atom. The van der Waals surface area contributed by atoms with E-state index >= 15 is 0 Å². The second-order valence-electron chi connectivity index (χ2n) is 5.48. The highest BCUT2D eigenvalue weighted by atomic mass is 16.1. The Kier molecular flexibility index (Phi) is 5.40. The molecule has 1 fully saturated rings. The first-order chi connectivity index (χ1) is 9.25. The van der Waals surface area contributed by atoms with Gasteiger partial charge >= 0.3 is 0 Å². The third-order valence-corrected chi connectivity index (χ3v) is 3.88. The Balaban J connectivity index is 1.65. The zero-order chi connectivity index (χ0) is 13.5. The van der Waals surface area contributed by atoms with E-state index < -0.39 is 0 Å². The van der Waals surface area contributed by atoms with Crippen molar-refractivity contribution in [2.45, 2.75) is 44.6 Å². The zero-order valence-electron chi connectivity index (χ0n) is 11.7. The molecule has 19 heavy (non-hydrogen) atoms. The molecule has 1 aliphatic rings. The molecule has 2 N–H and O–H groups in total. The minimum absolute atomic E-state index is 0.106. The molecule has 2 rings (SSSR count). The number of nitrogens with one attached hydrogen (secondary N) is 2. The summed E-state index contributed by atoms with van der Waals surface area (Å²) >= 11 is 0. The van der Waals surface area contributed by atoms with Crippen molar-refractivity contribution in [3.8, 4) is 0 Å². The van der Waals surface area contributed by atoms with Crippen LogP contribution in [0.5, 0.6) is 0 Å². The van der Waals surface area contributed by atoms with Crippen LogP contribution < -0.4 is 10.6 Å². The second-order valence-corrected chi connectivity index (χ2v) is 5.48. The lowest BCUT2D eigenvalue weighted by atomic mass is 10.0. The lowest BCUT2D eigenvalue weighted by Gasteiger charge is -2.15. The molecule has 0 saturated heterocycles. The van der Waals surface area contributed by atoms with Crippen LogP contribution in [-0.2, 0) is 4.79 Å². The van der Waals surface area contributed by atoms with Crippen molar-refractivity contribution in [2.75, 3.05) is 13.1 Å². The Morgan fingerprint density at radius 2 is 1.95 bits per heavy atom. The summed E-state index contributed by atoms with van der Waals surface area (Å²) in [6, 6.07) is 10.9. The molecule has 0 aromatic heterocycles. The van der Waals surface area contributed by atoms with Gasteiger partial charge in [0.15, 0.2) is 0 Å². The highest BCUT2D eigenvalue weighted by Crippen LogP contribution is 2.17. The van der Waals surface area contributed by atoms with Gasteiger partial charge in [-0.25, -0.2) is 0 Å². The van der Waals surface area contributed by atoms with Crippen LogP contribution in [0.4, 0.5) is 0 Å². The van der Waals surface area contributed by atoms with E-state index in [0.717, 1.165) is 0 Å². The maximum atomic E-state index is 11.8. The third-order valence-electron chi connectivity index (χ3n) is 3.88. The molecule has 1 aromatic carbocycles. The van der Waals surface area contributed by atoms with Crippen molar-refractivity contribution < 1.29 is 4.79 Å². The molecule has 0 heterocycles. The Bertz CT molecular complexity index is 385. The van der Waals surface area contributed by atoms with Crippen LogP contribution in [0.2, 0.25) is 0 Å². The molecule has 0 bridgehead atoms. The number of rotatable bonds is 6. The predicted molar refractivity (Wildman–Crippen MR) is 78.1 cm³/mol. The number of benzene rings is 1. The Hall–Kier alpha value is -1.35. The van der Waals surface area contributed by atoms with E-state index in [4.69, 9.17) is 0 Å². The van der Waals surface area contributed by atoms with Crippen LogP contribution in [-0.4, -0.2) is 25.0 Å². The number of amides is 1. The van der Waals surface area contributed by atoms with E-state index in [9.17, 15) is 4.79 Å². The lowest BCUT2D eigenvalue weighted by Crippen LogP contribution is -2.39. The summed E-state index contributed by atoms with van der Waals surface area (Å²) in [7, 11) is 0.